The summed E-state index contributed by atoms with van der Waals surface area (Å²) < 4.78 is 48.4. The zero-order chi connectivity index (χ0) is 22.4. The lowest BCUT2D eigenvalue weighted by Crippen LogP contribution is -2.13. The van der Waals surface area contributed by atoms with E-state index in [-0.39, 0.29) is 22.3 Å². The second kappa shape index (κ2) is 9.61. The lowest BCUT2D eigenvalue weighted by Gasteiger charge is -2.11. The number of nitrogens with zero attached hydrogens (tertiary/aromatic N) is 3. The average molecular weight is 453 g/mol. The molecule has 7 nitrogen and oxygen atoms in total. The van der Waals surface area contributed by atoms with Gasteiger partial charge in [0.2, 0.25) is 0 Å². The Balaban J connectivity index is 1.60. The summed E-state index contributed by atoms with van der Waals surface area (Å²) in [5.41, 5.74) is -0.0554. The Morgan fingerprint density at radius 1 is 1.10 bits per heavy atom. The number of anilines is 1. The van der Waals surface area contributed by atoms with E-state index in [9.17, 15) is 18.0 Å². The van der Waals surface area contributed by atoms with Crippen molar-refractivity contribution in [3.8, 4) is 11.5 Å². The van der Waals surface area contributed by atoms with Gasteiger partial charge < -0.3 is 14.8 Å². The summed E-state index contributed by atoms with van der Waals surface area (Å²) >= 11 is 5.95. The molecule has 0 saturated heterocycles. The van der Waals surface area contributed by atoms with Crippen LogP contribution in [0.25, 0.3) is 0 Å². The number of esters is 1. The number of pyridine rings is 1. The van der Waals surface area contributed by atoms with Crippen LogP contribution in [0.1, 0.15) is 21.6 Å². The second-order valence-corrected chi connectivity index (χ2v) is 6.54. The molecule has 0 aliphatic carbocycles. The van der Waals surface area contributed by atoms with Crippen molar-refractivity contribution >= 4 is 23.4 Å². The van der Waals surface area contributed by atoms with Crippen molar-refractivity contribution in [2.24, 2.45) is 0 Å². The molecule has 3 rings (SSSR count). The highest BCUT2D eigenvalue weighted by Gasteiger charge is 2.32. The molecule has 0 aliphatic heterocycles. The van der Waals surface area contributed by atoms with Crippen molar-refractivity contribution in [1.82, 2.24) is 15.0 Å². The van der Waals surface area contributed by atoms with E-state index in [2.05, 4.69) is 25.0 Å². The van der Waals surface area contributed by atoms with Gasteiger partial charge in [-0.25, -0.2) is 14.8 Å². The predicted molar refractivity (Wildman–Crippen MR) is 106 cm³/mol. The van der Waals surface area contributed by atoms with Gasteiger partial charge >= 0.3 is 12.1 Å². The number of rotatable bonds is 7. The average Bonchev–Trinajstić information content (AvgIpc) is 2.74. The van der Waals surface area contributed by atoms with Gasteiger partial charge in [0.05, 0.1) is 7.11 Å². The van der Waals surface area contributed by atoms with Crippen molar-refractivity contribution in [3.05, 3.63) is 70.9 Å². The lowest BCUT2D eigenvalue weighted by molar-refractivity contribution is -0.141. The Hall–Kier alpha value is -3.40. The van der Waals surface area contributed by atoms with Crippen LogP contribution in [0.5, 0.6) is 11.5 Å². The third-order valence-electron chi connectivity index (χ3n) is 4.08. The quantitative estimate of drug-likeness (QED) is 0.408. The fourth-order valence-corrected chi connectivity index (χ4v) is 2.81. The molecule has 1 N–H and O–H groups in total. The van der Waals surface area contributed by atoms with Crippen molar-refractivity contribution in [1.29, 1.82) is 0 Å². The number of aromatic nitrogens is 3. The van der Waals surface area contributed by atoms with E-state index in [0.717, 1.165) is 17.8 Å². The summed E-state index contributed by atoms with van der Waals surface area (Å²) in [6, 6.07) is 9.02. The van der Waals surface area contributed by atoms with Crippen molar-refractivity contribution in [3.63, 3.8) is 0 Å². The van der Waals surface area contributed by atoms with Gasteiger partial charge in [-0.1, -0.05) is 23.7 Å². The highest BCUT2D eigenvalue weighted by Crippen LogP contribution is 2.31. The monoisotopic (exact) mass is 452 g/mol. The fourth-order valence-electron chi connectivity index (χ4n) is 2.60. The Morgan fingerprint density at radius 2 is 1.84 bits per heavy atom. The molecule has 162 valence electrons. The number of hydrogen-bond donors (Lipinski definition) is 1. The Bertz CT molecular complexity index is 1060. The van der Waals surface area contributed by atoms with Crippen LogP contribution in [0.2, 0.25) is 5.15 Å². The molecule has 1 aromatic carbocycles. The van der Waals surface area contributed by atoms with E-state index in [1.165, 1.54) is 19.5 Å². The summed E-state index contributed by atoms with van der Waals surface area (Å²) in [5, 5.41) is 2.99. The summed E-state index contributed by atoms with van der Waals surface area (Å²) in [5.74, 6) is 0.0173. The number of carbonyl (C=O) groups excluding carboxylic acids is 1. The van der Waals surface area contributed by atoms with Gasteiger partial charge in [0.1, 0.15) is 40.1 Å². The molecule has 2 aromatic heterocycles. The van der Waals surface area contributed by atoms with Gasteiger partial charge in [-0.2, -0.15) is 13.2 Å². The second-order valence-electron chi connectivity index (χ2n) is 6.18. The Labute approximate surface area is 180 Å². The Morgan fingerprint density at radius 3 is 2.52 bits per heavy atom. The summed E-state index contributed by atoms with van der Waals surface area (Å²) in [7, 11) is 1.23. The van der Waals surface area contributed by atoms with E-state index in [1.54, 1.807) is 24.3 Å². The smallest absolute Gasteiger partial charge is 0.433 e. The largest absolute Gasteiger partial charge is 0.465 e. The number of ether oxygens (including phenoxy) is 2. The number of carbonyl (C=O) groups is 1. The maximum Gasteiger partial charge on any atom is 0.433 e. The molecule has 0 unspecified atom stereocenters. The third kappa shape index (κ3) is 5.82. The first-order valence-electron chi connectivity index (χ1n) is 8.90. The molecule has 0 spiro atoms. The van der Waals surface area contributed by atoms with E-state index >= 15 is 0 Å². The van der Waals surface area contributed by atoms with Crippen molar-refractivity contribution < 1.29 is 27.4 Å². The highest BCUT2D eigenvalue weighted by atomic mass is 35.5. The molecular formula is C20H16ClF3N4O3. The van der Waals surface area contributed by atoms with E-state index < -0.39 is 17.8 Å². The molecule has 0 radical (unpaired) electrons. The fraction of sp³-hybridized carbons (Fsp3) is 0.200. The first-order valence-corrected chi connectivity index (χ1v) is 9.28. The van der Waals surface area contributed by atoms with Crippen LogP contribution >= 0.6 is 11.6 Å². The topological polar surface area (TPSA) is 86.2 Å². The first-order chi connectivity index (χ1) is 14.8. The SMILES string of the molecule is COC(=O)c1c(Cl)ncnc1NCCc1ccc(Oc2ccnc(C(F)(F)F)c2)cc1. The summed E-state index contributed by atoms with van der Waals surface area (Å²) in [6.07, 6.45) is -1.71. The highest BCUT2D eigenvalue weighted by molar-refractivity contribution is 6.33. The minimum atomic E-state index is -4.54. The predicted octanol–water partition coefficient (Wildman–Crippen LogP) is 4.78. The lowest BCUT2D eigenvalue weighted by atomic mass is 10.1. The molecule has 0 amide bonds. The molecule has 0 aliphatic rings. The number of benzene rings is 1. The minimum absolute atomic E-state index is 0.0179. The molecule has 0 saturated carbocycles. The molecular weight excluding hydrogens is 437 g/mol. The van der Waals surface area contributed by atoms with Crippen LogP contribution in [0.4, 0.5) is 19.0 Å². The molecule has 11 heteroatoms. The first kappa shape index (κ1) is 22.3. The van der Waals surface area contributed by atoms with Crippen molar-refractivity contribution in [2.75, 3.05) is 19.0 Å². The zero-order valence-electron chi connectivity index (χ0n) is 16.1. The molecule has 0 atom stereocenters. The van der Waals surface area contributed by atoms with Crippen LogP contribution < -0.4 is 10.1 Å². The van der Waals surface area contributed by atoms with Crippen LogP contribution in [0.3, 0.4) is 0 Å². The van der Waals surface area contributed by atoms with Gasteiger partial charge in [-0.05, 0) is 30.2 Å². The standard InChI is InChI=1S/C20H16ClF3N4O3/c1-30-19(29)16-17(21)27-11-28-18(16)26-8-6-12-2-4-13(5-3-12)31-14-7-9-25-15(10-14)20(22,23)24/h2-5,7,9-11H,6,8H2,1H3,(H,26,27,28). The van der Waals surface area contributed by atoms with Gasteiger partial charge in [0.25, 0.3) is 0 Å². The molecule has 31 heavy (non-hydrogen) atoms. The van der Waals surface area contributed by atoms with E-state index in [1.807, 2.05) is 0 Å². The minimum Gasteiger partial charge on any atom is -0.465 e. The van der Waals surface area contributed by atoms with Crippen LogP contribution in [-0.2, 0) is 17.3 Å². The molecule has 0 fully saturated rings. The van der Waals surface area contributed by atoms with E-state index in [0.29, 0.717) is 18.7 Å². The number of halogens is 4. The van der Waals surface area contributed by atoms with E-state index in [4.69, 9.17) is 16.3 Å². The Kier molecular flexibility index (Phi) is 6.91. The zero-order valence-corrected chi connectivity index (χ0v) is 16.9. The van der Waals surface area contributed by atoms with Gasteiger partial charge in [-0.15, -0.1) is 0 Å². The third-order valence-corrected chi connectivity index (χ3v) is 4.36. The number of nitrogens with one attached hydrogen (secondary N) is 1. The van der Waals surface area contributed by atoms with Crippen LogP contribution in [-0.4, -0.2) is 34.6 Å². The molecule has 2 heterocycles. The van der Waals surface area contributed by atoms with Gasteiger partial charge in [0, 0.05) is 18.8 Å². The number of hydrogen-bond acceptors (Lipinski definition) is 7. The maximum absolute atomic E-state index is 12.7. The summed E-state index contributed by atoms with van der Waals surface area (Å²) in [4.78, 5) is 22.9. The maximum atomic E-state index is 12.7. The number of methoxy groups -OCH3 is 1. The molecule has 0 bridgehead atoms. The van der Waals surface area contributed by atoms with Crippen LogP contribution in [0.15, 0.2) is 48.9 Å². The van der Waals surface area contributed by atoms with Crippen molar-refractivity contribution in [2.45, 2.75) is 12.6 Å². The molecule has 3 aromatic rings. The summed E-state index contributed by atoms with van der Waals surface area (Å²) in [6.45, 7) is 0.427. The van der Waals surface area contributed by atoms with Gasteiger partial charge in [0.15, 0.2) is 0 Å². The van der Waals surface area contributed by atoms with Crippen LogP contribution in [0, 0.1) is 0 Å². The van der Waals surface area contributed by atoms with Gasteiger partial charge in [-0.3, -0.25) is 4.98 Å². The number of alkyl halides is 3. The normalized spacial score (nSPS) is 11.1.